The van der Waals surface area contributed by atoms with E-state index in [0.717, 1.165) is 25.8 Å². The molecule has 0 bridgehead atoms. The van der Waals surface area contributed by atoms with Crippen LogP contribution in [0.25, 0.3) is 0 Å². The summed E-state index contributed by atoms with van der Waals surface area (Å²) >= 11 is 0. The molecule has 0 aromatic carbocycles. The number of carbonyl (C=O) groups excluding carboxylic acids is 2. The predicted octanol–water partition coefficient (Wildman–Crippen LogP) is 0.925. The number of nitrogens with zero attached hydrogens (tertiary/aromatic N) is 1. The summed E-state index contributed by atoms with van der Waals surface area (Å²) < 4.78 is 0. The number of hydrogen-bond donors (Lipinski definition) is 2. The Morgan fingerprint density at radius 3 is 2.65 bits per heavy atom. The van der Waals surface area contributed by atoms with Gasteiger partial charge in [-0.2, -0.15) is 0 Å². The molecular weight excluding hydrogens is 278 g/mol. The van der Waals surface area contributed by atoms with E-state index in [-0.39, 0.29) is 30.1 Å². The van der Waals surface area contributed by atoms with Crippen LogP contribution < -0.4 is 10.6 Å². The molecule has 20 heavy (non-hydrogen) atoms. The van der Waals surface area contributed by atoms with Gasteiger partial charge in [0, 0.05) is 25.6 Å². The van der Waals surface area contributed by atoms with Gasteiger partial charge in [0.15, 0.2) is 0 Å². The summed E-state index contributed by atoms with van der Waals surface area (Å²) in [4.78, 5) is 25.9. The van der Waals surface area contributed by atoms with Crippen molar-refractivity contribution in [1.29, 1.82) is 0 Å². The largest absolute Gasteiger partial charge is 0.356 e. The Bertz CT molecular complexity index is 332. The van der Waals surface area contributed by atoms with E-state index in [1.807, 2.05) is 11.9 Å². The van der Waals surface area contributed by atoms with Crippen LogP contribution in [0.4, 0.5) is 0 Å². The van der Waals surface area contributed by atoms with Gasteiger partial charge in [0.25, 0.3) is 0 Å². The zero-order chi connectivity index (χ0) is 13.7. The molecular formula is C14H26ClN3O2. The number of nitrogens with one attached hydrogen (secondary N) is 2. The van der Waals surface area contributed by atoms with E-state index in [1.165, 1.54) is 12.8 Å². The van der Waals surface area contributed by atoms with Crippen LogP contribution in [-0.2, 0) is 9.59 Å². The number of halogens is 1. The quantitative estimate of drug-likeness (QED) is 0.718. The molecule has 2 fully saturated rings. The van der Waals surface area contributed by atoms with Gasteiger partial charge in [0.1, 0.15) is 0 Å². The molecule has 2 amide bonds. The van der Waals surface area contributed by atoms with E-state index >= 15 is 0 Å². The van der Waals surface area contributed by atoms with Crippen molar-refractivity contribution in [2.24, 2.45) is 5.92 Å². The van der Waals surface area contributed by atoms with Gasteiger partial charge in [-0.05, 0) is 32.9 Å². The van der Waals surface area contributed by atoms with Crippen LogP contribution in [0, 0.1) is 5.92 Å². The molecule has 1 unspecified atom stereocenters. The minimum absolute atomic E-state index is 0. The Kier molecular flexibility index (Phi) is 7.30. The van der Waals surface area contributed by atoms with Crippen LogP contribution >= 0.6 is 12.4 Å². The molecule has 2 rings (SSSR count). The minimum Gasteiger partial charge on any atom is -0.356 e. The SMILES string of the molecule is CNCCCNC(=O)C1CC(=O)N(C2CCCC2)C1.Cl. The lowest BCUT2D eigenvalue weighted by Crippen LogP contribution is -2.37. The smallest absolute Gasteiger partial charge is 0.225 e. The first kappa shape index (κ1) is 17.2. The highest BCUT2D eigenvalue weighted by Gasteiger charge is 2.38. The molecule has 6 heteroatoms. The fraction of sp³-hybridized carbons (Fsp3) is 0.857. The zero-order valence-corrected chi connectivity index (χ0v) is 13.0. The molecule has 2 aliphatic rings. The maximum Gasteiger partial charge on any atom is 0.225 e. The number of carbonyl (C=O) groups is 2. The summed E-state index contributed by atoms with van der Waals surface area (Å²) in [6.45, 7) is 2.22. The molecule has 1 aliphatic heterocycles. The normalized spacial score (nSPS) is 22.9. The molecule has 116 valence electrons. The van der Waals surface area contributed by atoms with Gasteiger partial charge >= 0.3 is 0 Å². The van der Waals surface area contributed by atoms with Gasteiger partial charge < -0.3 is 15.5 Å². The Labute approximate surface area is 127 Å². The van der Waals surface area contributed by atoms with Gasteiger partial charge in [-0.3, -0.25) is 9.59 Å². The average molecular weight is 304 g/mol. The third-order valence-corrected chi connectivity index (χ3v) is 4.20. The van der Waals surface area contributed by atoms with Crippen molar-refractivity contribution in [3.8, 4) is 0 Å². The van der Waals surface area contributed by atoms with Crippen LogP contribution in [0.2, 0.25) is 0 Å². The predicted molar refractivity (Wildman–Crippen MR) is 80.9 cm³/mol. The number of amides is 2. The van der Waals surface area contributed by atoms with Crippen LogP contribution in [0.3, 0.4) is 0 Å². The molecule has 1 aliphatic carbocycles. The third-order valence-electron chi connectivity index (χ3n) is 4.20. The van der Waals surface area contributed by atoms with E-state index in [9.17, 15) is 9.59 Å². The highest BCUT2D eigenvalue weighted by molar-refractivity contribution is 5.89. The van der Waals surface area contributed by atoms with E-state index in [1.54, 1.807) is 0 Å². The van der Waals surface area contributed by atoms with Gasteiger partial charge in [-0.25, -0.2) is 0 Å². The minimum atomic E-state index is -0.136. The van der Waals surface area contributed by atoms with Gasteiger partial charge in [0.2, 0.25) is 11.8 Å². The molecule has 1 heterocycles. The maximum absolute atomic E-state index is 12.0. The van der Waals surface area contributed by atoms with Crippen molar-refractivity contribution in [3.63, 3.8) is 0 Å². The number of rotatable bonds is 6. The first-order valence-corrected chi connectivity index (χ1v) is 7.44. The summed E-state index contributed by atoms with van der Waals surface area (Å²) in [5.74, 6) is 0.0786. The van der Waals surface area contributed by atoms with Crippen molar-refractivity contribution in [1.82, 2.24) is 15.5 Å². The average Bonchev–Trinajstić information content (AvgIpc) is 3.03. The molecule has 1 atom stereocenters. The Morgan fingerprint density at radius 1 is 1.30 bits per heavy atom. The van der Waals surface area contributed by atoms with E-state index in [4.69, 9.17) is 0 Å². The van der Waals surface area contributed by atoms with E-state index < -0.39 is 0 Å². The van der Waals surface area contributed by atoms with E-state index in [0.29, 0.717) is 25.6 Å². The Morgan fingerprint density at radius 2 is 2.00 bits per heavy atom. The molecule has 5 nitrogen and oxygen atoms in total. The lowest BCUT2D eigenvalue weighted by atomic mass is 10.1. The van der Waals surface area contributed by atoms with Crippen LogP contribution in [0.1, 0.15) is 38.5 Å². The van der Waals surface area contributed by atoms with Gasteiger partial charge in [0.05, 0.1) is 5.92 Å². The second-order valence-corrected chi connectivity index (χ2v) is 5.63. The fourth-order valence-corrected chi connectivity index (χ4v) is 3.10. The van der Waals surface area contributed by atoms with Crippen molar-refractivity contribution in [2.75, 3.05) is 26.7 Å². The molecule has 0 spiro atoms. The molecule has 0 radical (unpaired) electrons. The third kappa shape index (κ3) is 4.35. The summed E-state index contributed by atoms with van der Waals surface area (Å²) in [5.41, 5.74) is 0. The lowest BCUT2D eigenvalue weighted by molar-refractivity contribution is -0.130. The van der Waals surface area contributed by atoms with Crippen molar-refractivity contribution in [3.05, 3.63) is 0 Å². The topological polar surface area (TPSA) is 61.4 Å². The monoisotopic (exact) mass is 303 g/mol. The Balaban J connectivity index is 0.00000200. The van der Waals surface area contributed by atoms with Gasteiger partial charge in [-0.1, -0.05) is 12.8 Å². The number of hydrogen-bond acceptors (Lipinski definition) is 3. The molecule has 2 N–H and O–H groups in total. The summed E-state index contributed by atoms with van der Waals surface area (Å²) in [6.07, 6.45) is 5.98. The van der Waals surface area contributed by atoms with Gasteiger partial charge in [-0.15, -0.1) is 12.4 Å². The highest BCUT2D eigenvalue weighted by Crippen LogP contribution is 2.29. The van der Waals surface area contributed by atoms with Crippen LogP contribution in [-0.4, -0.2) is 49.4 Å². The van der Waals surface area contributed by atoms with Crippen molar-refractivity contribution < 1.29 is 9.59 Å². The summed E-state index contributed by atoms with van der Waals surface area (Å²) in [5, 5.41) is 5.98. The Hall–Kier alpha value is -0.810. The fourth-order valence-electron chi connectivity index (χ4n) is 3.10. The van der Waals surface area contributed by atoms with E-state index in [2.05, 4.69) is 10.6 Å². The van der Waals surface area contributed by atoms with Crippen LogP contribution in [0.5, 0.6) is 0 Å². The molecule has 1 saturated heterocycles. The highest BCUT2D eigenvalue weighted by atomic mass is 35.5. The summed E-state index contributed by atoms with van der Waals surface area (Å²) in [7, 11) is 1.90. The molecule has 1 saturated carbocycles. The number of likely N-dealkylation sites (tertiary alicyclic amines) is 1. The second kappa shape index (κ2) is 8.47. The molecule has 0 aromatic rings. The standard InChI is InChI=1S/C14H25N3O2.ClH/c1-15-7-4-8-16-14(19)11-9-13(18)17(10-11)12-5-2-3-6-12;/h11-12,15H,2-10H2,1H3,(H,16,19);1H. The first-order valence-electron chi connectivity index (χ1n) is 7.44. The summed E-state index contributed by atoms with van der Waals surface area (Å²) in [6, 6.07) is 0.398. The zero-order valence-electron chi connectivity index (χ0n) is 12.2. The molecule has 0 aromatic heterocycles. The van der Waals surface area contributed by atoms with Crippen molar-refractivity contribution in [2.45, 2.75) is 44.6 Å². The van der Waals surface area contributed by atoms with Crippen LogP contribution in [0.15, 0.2) is 0 Å². The second-order valence-electron chi connectivity index (χ2n) is 5.63. The first-order chi connectivity index (χ1) is 9.22. The van der Waals surface area contributed by atoms with Crippen molar-refractivity contribution >= 4 is 24.2 Å². The maximum atomic E-state index is 12.0. The lowest BCUT2D eigenvalue weighted by Gasteiger charge is -2.23.